The monoisotopic (exact) mass is 245 g/mol. The Labute approximate surface area is 107 Å². The lowest BCUT2D eigenvalue weighted by atomic mass is 10.2. The van der Waals surface area contributed by atoms with E-state index in [-0.39, 0.29) is 0 Å². The summed E-state index contributed by atoms with van der Waals surface area (Å²) in [4.78, 5) is 2.31. The minimum Gasteiger partial charge on any atom is -0.372 e. The second-order valence-corrected chi connectivity index (χ2v) is 4.01. The molecule has 0 bridgehead atoms. The molecule has 2 aromatic rings. The van der Waals surface area contributed by atoms with Crippen molar-refractivity contribution in [3.63, 3.8) is 0 Å². The number of benzene rings is 1. The molecule has 0 radical (unpaired) electrons. The molecule has 18 heavy (non-hydrogen) atoms. The predicted octanol–water partition coefficient (Wildman–Crippen LogP) is 1.57. The Balaban J connectivity index is 2.27. The molecule has 0 amide bonds. The Morgan fingerprint density at radius 1 is 1.17 bits per heavy atom. The van der Waals surface area contributed by atoms with Gasteiger partial charge < -0.3 is 10.6 Å². The first kappa shape index (κ1) is 12.6. The first-order valence-corrected chi connectivity index (χ1v) is 6.24. The molecule has 96 valence electrons. The van der Waals surface area contributed by atoms with Crippen LogP contribution in [0.15, 0.2) is 30.6 Å². The van der Waals surface area contributed by atoms with Crippen molar-refractivity contribution in [1.82, 2.24) is 14.8 Å². The molecular formula is C13H19N5. The third kappa shape index (κ3) is 2.36. The van der Waals surface area contributed by atoms with Gasteiger partial charge in [0.15, 0.2) is 5.82 Å². The molecule has 0 aliphatic rings. The van der Waals surface area contributed by atoms with E-state index in [1.165, 1.54) is 5.69 Å². The van der Waals surface area contributed by atoms with Gasteiger partial charge in [-0.25, -0.2) is 0 Å². The highest BCUT2D eigenvalue weighted by atomic mass is 15.3. The van der Waals surface area contributed by atoms with Crippen LogP contribution in [0.3, 0.4) is 0 Å². The highest BCUT2D eigenvalue weighted by molar-refractivity contribution is 5.51. The minimum absolute atomic E-state index is 0.387. The quantitative estimate of drug-likeness (QED) is 0.868. The highest BCUT2D eigenvalue weighted by Crippen LogP contribution is 2.17. The number of hydrogen-bond acceptors (Lipinski definition) is 4. The molecule has 0 aliphatic heterocycles. The Hall–Kier alpha value is -1.88. The van der Waals surface area contributed by atoms with Crippen LogP contribution in [0.25, 0.3) is 5.69 Å². The Morgan fingerprint density at radius 3 is 2.39 bits per heavy atom. The normalized spacial score (nSPS) is 10.6. The van der Waals surface area contributed by atoms with Gasteiger partial charge in [-0.15, -0.1) is 10.2 Å². The predicted molar refractivity (Wildman–Crippen MR) is 72.8 cm³/mol. The summed E-state index contributed by atoms with van der Waals surface area (Å²) in [5, 5.41) is 7.86. The molecule has 1 aromatic carbocycles. The van der Waals surface area contributed by atoms with E-state index in [1.807, 2.05) is 4.57 Å². The lowest BCUT2D eigenvalue weighted by molar-refractivity contribution is 0.854. The van der Waals surface area contributed by atoms with Gasteiger partial charge in [0.1, 0.15) is 6.33 Å². The summed E-state index contributed by atoms with van der Waals surface area (Å²) in [5.74, 6) is 0.769. The van der Waals surface area contributed by atoms with Crippen molar-refractivity contribution in [3.05, 3.63) is 36.4 Å². The number of nitrogens with two attached hydrogens (primary N) is 1. The summed E-state index contributed by atoms with van der Waals surface area (Å²) >= 11 is 0. The number of hydrogen-bond donors (Lipinski definition) is 1. The molecule has 1 aromatic heterocycles. The van der Waals surface area contributed by atoms with E-state index in [0.29, 0.717) is 6.54 Å². The van der Waals surface area contributed by atoms with E-state index in [0.717, 1.165) is 24.6 Å². The van der Waals surface area contributed by atoms with E-state index >= 15 is 0 Å². The van der Waals surface area contributed by atoms with Crippen molar-refractivity contribution >= 4 is 5.69 Å². The molecule has 1 heterocycles. The zero-order valence-electron chi connectivity index (χ0n) is 10.9. The van der Waals surface area contributed by atoms with E-state index in [1.54, 1.807) is 6.33 Å². The fourth-order valence-electron chi connectivity index (χ4n) is 2.03. The van der Waals surface area contributed by atoms with Gasteiger partial charge in [-0.2, -0.15) is 0 Å². The van der Waals surface area contributed by atoms with Gasteiger partial charge in [0, 0.05) is 24.5 Å². The number of rotatable bonds is 5. The Kier molecular flexibility index (Phi) is 3.94. The summed E-state index contributed by atoms with van der Waals surface area (Å²) in [6.45, 7) is 6.72. The van der Waals surface area contributed by atoms with Gasteiger partial charge in [0.05, 0.1) is 6.54 Å². The number of anilines is 1. The second-order valence-electron chi connectivity index (χ2n) is 4.01. The summed E-state index contributed by atoms with van der Waals surface area (Å²) < 4.78 is 1.91. The molecule has 5 heteroatoms. The van der Waals surface area contributed by atoms with Crippen molar-refractivity contribution in [2.45, 2.75) is 20.4 Å². The third-order valence-corrected chi connectivity index (χ3v) is 3.06. The zero-order valence-corrected chi connectivity index (χ0v) is 10.9. The SMILES string of the molecule is CCN(CC)c1ccc(-n2cnnc2CN)cc1. The van der Waals surface area contributed by atoms with Gasteiger partial charge >= 0.3 is 0 Å². The molecule has 0 spiro atoms. The fraction of sp³-hybridized carbons (Fsp3) is 0.385. The molecule has 2 N–H and O–H groups in total. The van der Waals surface area contributed by atoms with Gasteiger partial charge in [0.25, 0.3) is 0 Å². The molecule has 0 saturated heterocycles. The van der Waals surface area contributed by atoms with E-state index < -0.39 is 0 Å². The molecule has 0 unspecified atom stereocenters. The maximum absolute atomic E-state index is 5.62. The van der Waals surface area contributed by atoms with Crippen LogP contribution in [0.4, 0.5) is 5.69 Å². The van der Waals surface area contributed by atoms with Crippen molar-refractivity contribution in [1.29, 1.82) is 0 Å². The lowest BCUT2D eigenvalue weighted by Gasteiger charge is -2.21. The molecule has 2 rings (SSSR count). The smallest absolute Gasteiger partial charge is 0.151 e. The average molecular weight is 245 g/mol. The van der Waals surface area contributed by atoms with Gasteiger partial charge in [-0.1, -0.05) is 0 Å². The average Bonchev–Trinajstić information content (AvgIpc) is 2.89. The van der Waals surface area contributed by atoms with Crippen LogP contribution in [0.1, 0.15) is 19.7 Å². The van der Waals surface area contributed by atoms with E-state index in [2.05, 4.69) is 53.2 Å². The van der Waals surface area contributed by atoms with Crippen LogP contribution in [-0.2, 0) is 6.54 Å². The second kappa shape index (κ2) is 5.64. The van der Waals surface area contributed by atoms with Crippen molar-refractivity contribution in [3.8, 4) is 5.69 Å². The lowest BCUT2D eigenvalue weighted by Crippen LogP contribution is -2.21. The third-order valence-electron chi connectivity index (χ3n) is 3.06. The Morgan fingerprint density at radius 2 is 1.83 bits per heavy atom. The largest absolute Gasteiger partial charge is 0.372 e. The Bertz CT molecular complexity index is 484. The van der Waals surface area contributed by atoms with Crippen molar-refractivity contribution in [2.75, 3.05) is 18.0 Å². The maximum atomic E-state index is 5.62. The maximum Gasteiger partial charge on any atom is 0.151 e. The summed E-state index contributed by atoms with van der Waals surface area (Å²) in [5.41, 5.74) is 7.89. The molecule has 0 saturated carbocycles. The van der Waals surface area contributed by atoms with Crippen LogP contribution in [0, 0.1) is 0 Å². The van der Waals surface area contributed by atoms with Gasteiger partial charge in [-0.3, -0.25) is 4.57 Å². The minimum atomic E-state index is 0.387. The van der Waals surface area contributed by atoms with Crippen molar-refractivity contribution < 1.29 is 0 Å². The first-order chi connectivity index (χ1) is 8.80. The summed E-state index contributed by atoms with van der Waals surface area (Å²) in [6, 6.07) is 8.36. The number of aromatic nitrogens is 3. The summed E-state index contributed by atoms with van der Waals surface area (Å²) in [7, 11) is 0. The standard InChI is InChI=1S/C13H19N5/c1-3-17(4-2)11-5-7-12(8-6-11)18-10-15-16-13(18)9-14/h5-8,10H,3-4,9,14H2,1-2H3. The van der Waals surface area contributed by atoms with Crippen LogP contribution in [0.2, 0.25) is 0 Å². The van der Waals surface area contributed by atoms with Crippen LogP contribution in [0.5, 0.6) is 0 Å². The van der Waals surface area contributed by atoms with Gasteiger partial charge in [0.2, 0.25) is 0 Å². The van der Waals surface area contributed by atoms with Crippen molar-refractivity contribution in [2.24, 2.45) is 5.73 Å². The number of nitrogens with zero attached hydrogens (tertiary/aromatic N) is 4. The fourth-order valence-corrected chi connectivity index (χ4v) is 2.03. The highest BCUT2D eigenvalue weighted by Gasteiger charge is 2.05. The topological polar surface area (TPSA) is 60.0 Å². The van der Waals surface area contributed by atoms with Crippen LogP contribution >= 0.6 is 0 Å². The first-order valence-electron chi connectivity index (χ1n) is 6.24. The van der Waals surface area contributed by atoms with E-state index in [4.69, 9.17) is 5.73 Å². The van der Waals surface area contributed by atoms with Crippen LogP contribution < -0.4 is 10.6 Å². The van der Waals surface area contributed by atoms with E-state index in [9.17, 15) is 0 Å². The van der Waals surface area contributed by atoms with Gasteiger partial charge in [-0.05, 0) is 38.1 Å². The summed E-state index contributed by atoms with van der Waals surface area (Å²) in [6.07, 6.45) is 1.69. The molecular weight excluding hydrogens is 226 g/mol. The molecule has 0 aliphatic carbocycles. The van der Waals surface area contributed by atoms with Crippen LogP contribution in [-0.4, -0.2) is 27.9 Å². The molecule has 0 fully saturated rings. The molecule has 0 atom stereocenters. The molecule has 5 nitrogen and oxygen atoms in total. The zero-order chi connectivity index (χ0) is 13.0.